The number of fused-ring (bicyclic) bond motifs is 1. The average Bonchev–Trinajstić information content (AvgIpc) is 2.46. The predicted molar refractivity (Wildman–Crippen MR) is 57.2 cm³/mol. The summed E-state index contributed by atoms with van der Waals surface area (Å²) in [5, 5.41) is 9.24. The van der Waals surface area contributed by atoms with Crippen LogP contribution < -0.4 is 0 Å². The van der Waals surface area contributed by atoms with Gasteiger partial charge < -0.3 is 4.90 Å². The van der Waals surface area contributed by atoms with Gasteiger partial charge in [0.2, 0.25) is 0 Å². The average molecular weight is 260 g/mol. The number of rotatable bonds is 0. The van der Waals surface area contributed by atoms with Crippen LogP contribution in [0.2, 0.25) is 0 Å². The van der Waals surface area contributed by atoms with Crippen LogP contribution in [-0.2, 0) is 13.0 Å². The van der Waals surface area contributed by atoms with E-state index in [2.05, 4.69) is 23.0 Å². The summed E-state index contributed by atoms with van der Waals surface area (Å²) < 4.78 is 0. The summed E-state index contributed by atoms with van der Waals surface area (Å²) in [5.74, 6) is 0. The molecule has 2 heterocycles. The van der Waals surface area contributed by atoms with Crippen molar-refractivity contribution in [3.05, 3.63) is 15.6 Å². The second-order valence-corrected chi connectivity index (χ2v) is 4.07. The van der Waals surface area contributed by atoms with Crippen LogP contribution in [0.15, 0.2) is 0 Å². The molecule has 2 rings (SSSR count). The lowest BCUT2D eigenvalue weighted by Crippen LogP contribution is -2.25. The lowest BCUT2D eigenvalue weighted by atomic mass is 10.2. The monoisotopic (exact) mass is 259 g/mol. The van der Waals surface area contributed by atoms with Gasteiger partial charge in [-0.1, -0.05) is 0 Å². The molecule has 70 valence electrons. The van der Waals surface area contributed by atoms with Gasteiger partial charge in [-0.2, -0.15) is 5.26 Å². The molecule has 0 saturated carbocycles. The van der Waals surface area contributed by atoms with E-state index >= 15 is 0 Å². The Kier molecular flexibility index (Phi) is 3.42. The fourth-order valence-corrected chi connectivity index (χ4v) is 2.36. The number of nitriles is 1. The van der Waals surface area contributed by atoms with E-state index in [0.717, 1.165) is 25.2 Å². The molecule has 1 aliphatic heterocycles. The van der Waals surface area contributed by atoms with Crippen LogP contribution in [-0.4, -0.2) is 23.5 Å². The minimum atomic E-state index is 0. The Bertz CT molecular complexity index is 342. The summed E-state index contributed by atoms with van der Waals surface area (Å²) in [4.78, 5) is 7.75. The quantitative estimate of drug-likeness (QED) is 0.711. The van der Waals surface area contributed by atoms with E-state index in [0.29, 0.717) is 5.01 Å². The molecule has 0 aliphatic carbocycles. The molecule has 13 heavy (non-hydrogen) atoms. The molecule has 0 aromatic carbocycles. The SMILES string of the molecule is Br.CN1CCc2nc(C#N)sc2C1. The molecule has 3 nitrogen and oxygen atoms in total. The molecule has 0 fully saturated rings. The molecule has 1 aromatic heterocycles. The van der Waals surface area contributed by atoms with E-state index in [1.165, 1.54) is 16.2 Å². The number of aromatic nitrogens is 1. The molecular weight excluding hydrogens is 250 g/mol. The number of nitrogens with zero attached hydrogens (tertiary/aromatic N) is 3. The van der Waals surface area contributed by atoms with Crippen molar-refractivity contribution in [3.63, 3.8) is 0 Å². The minimum absolute atomic E-state index is 0. The van der Waals surface area contributed by atoms with E-state index in [1.807, 2.05) is 0 Å². The Labute approximate surface area is 91.8 Å². The van der Waals surface area contributed by atoms with Crippen molar-refractivity contribution in [3.8, 4) is 6.07 Å². The first-order chi connectivity index (χ1) is 5.79. The van der Waals surface area contributed by atoms with Crippen LogP contribution in [0, 0.1) is 11.3 Å². The highest BCUT2D eigenvalue weighted by Crippen LogP contribution is 2.23. The molecule has 0 saturated heterocycles. The van der Waals surface area contributed by atoms with Crippen LogP contribution in [0.3, 0.4) is 0 Å². The Hall–Kier alpha value is -0.440. The van der Waals surface area contributed by atoms with E-state index in [4.69, 9.17) is 5.26 Å². The van der Waals surface area contributed by atoms with Crippen molar-refractivity contribution < 1.29 is 0 Å². The second kappa shape index (κ2) is 4.18. The number of hydrogen-bond acceptors (Lipinski definition) is 4. The fraction of sp³-hybridized carbons (Fsp3) is 0.500. The molecule has 1 aromatic rings. The Morgan fingerprint density at radius 3 is 3.08 bits per heavy atom. The first kappa shape index (κ1) is 10.6. The molecule has 0 atom stereocenters. The number of halogens is 1. The van der Waals surface area contributed by atoms with Crippen molar-refractivity contribution >= 4 is 28.3 Å². The van der Waals surface area contributed by atoms with Crippen LogP contribution in [0.25, 0.3) is 0 Å². The summed E-state index contributed by atoms with van der Waals surface area (Å²) >= 11 is 1.53. The molecule has 5 heteroatoms. The lowest BCUT2D eigenvalue weighted by molar-refractivity contribution is 0.314. The summed E-state index contributed by atoms with van der Waals surface area (Å²) in [7, 11) is 2.09. The summed E-state index contributed by atoms with van der Waals surface area (Å²) in [6.45, 7) is 2.01. The standard InChI is InChI=1S/C8H9N3S.BrH/c1-11-3-2-6-7(5-11)12-8(4-9)10-6;/h2-3,5H2,1H3;1H. The Morgan fingerprint density at radius 2 is 2.38 bits per heavy atom. The molecule has 0 unspecified atom stereocenters. The van der Waals surface area contributed by atoms with E-state index < -0.39 is 0 Å². The van der Waals surface area contributed by atoms with Gasteiger partial charge >= 0.3 is 0 Å². The van der Waals surface area contributed by atoms with Crippen molar-refractivity contribution in [2.75, 3.05) is 13.6 Å². The zero-order valence-electron chi connectivity index (χ0n) is 7.28. The van der Waals surface area contributed by atoms with Gasteiger partial charge in [0.15, 0.2) is 5.01 Å². The van der Waals surface area contributed by atoms with Gasteiger partial charge in [-0.25, -0.2) is 4.98 Å². The summed E-state index contributed by atoms with van der Waals surface area (Å²) in [6.07, 6.45) is 0.990. The van der Waals surface area contributed by atoms with E-state index in [9.17, 15) is 0 Å². The Morgan fingerprint density at radius 1 is 1.62 bits per heavy atom. The lowest BCUT2D eigenvalue weighted by Gasteiger charge is -2.20. The van der Waals surface area contributed by atoms with Gasteiger partial charge in [0.25, 0.3) is 0 Å². The maximum absolute atomic E-state index is 8.64. The van der Waals surface area contributed by atoms with Crippen molar-refractivity contribution in [1.29, 1.82) is 5.26 Å². The van der Waals surface area contributed by atoms with Crippen molar-refractivity contribution in [1.82, 2.24) is 9.88 Å². The highest BCUT2D eigenvalue weighted by atomic mass is 79.9. The van der Waals surface area contributed by atoms with Gasteiger partial charge in [0.05, 0.1) is 5.69 Å². The molecule has 0 bridgehead atoms. The van der Waals surface area contributed by atoms with E-state index in [1.54, 1.807) is 0 Å². The largest absolute Gasteiger partial charge is 0.301 e. The van der Waals surface area contributed by atoms with Crippen LogP contribution in [0.4, 0.5) is 0 Å². The minimum Gasteiger partial charge on any atom is -0.301 e. The maximum Gasteiger partial charge on any atom is 0.194 e. The fourth-order valence-electron chi connectivity index (χ4n) is 1.37. The Balaban J connectivity index is 0.000000845. The molecule has 0 spiro atoms. The third-order valence-corrected chi connectivity index (χ3v) is 3.00. The number of thiazole rings is 1. The molecule has 1 aliphatic rings. The van der Waals surface area contributed by atoms with Crippen molar-refractivity contribution in [2.24, 2.45) is 0 Å². The first-order valence-electron chi connectivity index (χ1n) is 3.87. The third kappa shape index (κ3) is 2.08. The molecule has 0 N–H and O–H groups in total. The van der Waals surface area contributed by atoms with Crippen LogP contribution >= 0.6 is 28.3 Å². The zero-order valence-corrected chi connectivity index (χ0v) is 9.81. The van der Waals surface area contributed by atoms with Gasteiger partial charge in [0, 0.05) is 24.4 Å². The first-order valence-corrected chi connectivity index (χ1v) is 4.68. The van der Waals surface area contributed by atoms with Gasteiger partial charge in [-0.15, -0.1) is 28.3 Å². The molecule has 0 radical (unpaired) electrons. The number of likely N-dealkylation sites (N-methyl/N-ethyl adjacent to an activating group) is 1. The van der Waals surface area contributed by atoms with Gasteiger partial charge in [-0.3, -0.25) is 0 Å². The smallest absolute Gasteiger partial charge is 0.194 e. The second-order valence-electron chi connectivity index (χ2n) is 2.99. The van der Waals surface area contributed by atoms with Crippen LogP contribution in [0.1, 0.15) is 15.6 Å². The molecule has 0 amide bonds. The van der Waals surface area contributed by atoms with Gasteiger partial charge in [0.1, 0.15) is 6.07 Å². The topological polar surface area (TPSA) is 39.9 Å². The van der Waals surface area contributed by atoms with Crippen molar-refractivity contribution in [2.45, 2.75) is 13.0 Å². The highest BCUT2D eigenvalue weighted by molar-refractivity contribution is 8.93. The molecular formula is C8H10BrN3S. The summed E-state index contributed by atoms with van der Waals surface area (Å²) in [6, 6.07) is 2.09. The number of hydrogen-bond donors (Lipinski definition) is 0. The van der Waals surface area contributed by atoms with Gasteiger partial charge in [-0.05, 0) is 7.05 Å². The van der Waals surface area contributed by atoms with Crippen LogP contribution in [0.5, 0.6) is 0 Å². The normalized spacial score (nSPS) is 15.7. The maximum atomic E-state index is 8.64. The zero-order chi connectivity index (χ0) is 8.55. The third-order valence-electron chi connectivity index (χ3n) is 2.02. The predicted octanol–water partition coefficient (Wildman–Crippen LogP) is 1.58. The summed E-state index contributed by atoms with van der Waals surface area (Å²) in [5.41, 5.74) is 1.13. The highest BCUT2D eigenvalue weighted by Gasteiger charge is 2.17. The van der Waals surface area contributed by atoms with E-state index in [-0.39, 0.29) is 17.0 Å².